The normalized spacial score (nSPS) is 13.9. The van der Waals surface area contributed by atoms with Gasteiger partial charge in [0, 0.05) is 20.5 Å². The van der Waals surface area contributed by atoms with Gasteiger partial charge in [0.05, 0.1) is 5.41 Å². The molecule has 0 aliphatic heterocycles. The van der Waals surface area contributed by atoms with E-state index in [0.717, 1.165) is 0 Å². The summed E-state index contributed by atoms with van der Waals surface area (Å²) in [6, 6.07) is 86.8. The van der Waals surface area contributed by atoms with E-state index in [2.05, 4.69) is 255 Å². The summed E-state index contributed by atoms with van der Waals surface area (Å²) in [5.41, 5.74) is 15.1. The van der Waals surface area contributed by atoms with Crippen molar-refractivity contribution in [2.24, 2.45) is 0 Å². The minimum absolute atomic E-state index is 0.441. The van der Waals surface area contributed by atoms with E-state index in [1.807, 2.05) is 0 Å². The Labute approximate surface area is 392 Å². The molecule has 2 aliphatic rings. The summed E-state index contributed by atoms with van der Waals surface area (Å²) >= 11 is 0. The van der Waals surface area contributed by atoms with Gasteiger partial charge < -0.3 is 0 Å². The lowest BCUT2D eigenvalue weighted by Gasteiger charge is -2.30. The smallest absolute Gasteiger partial charge is 0.0725 e. The summed E-state index contributed by atoms with van der Waals surface area (Å²) in [7, 11) is -1.16. The molecule has 0 saturated heterocycles. The molecule has 0 amide bonds. The van der Waals surface area contributed by atoms with Crippen LogP contribution in [-0.4, -0.2) is 0 Å². The number of rotatable bonds is 6. The quantitative estimate of drug-likeness (QED) is 0.146. The van der Waals surface area contributed by atoms with Crippen LogP contribution in [0.15, 0.2) is 231 Å². The summed E-state index contributed by atoms with van der Waals surface area (Å²) in [6.07, 6.45) is 9.25. The summed E-state index contributed by atoms with van der Waals surface area (Å²) < 4.78 is 0. The maximum Gasteiger partial charge on any atom is 0.0725 e. The number of hydrogen-bond acceptors (Lipinski definition) is 0. The number of fused-ring (bicyclic) bond motifs is 16. The zero-order valence-electron chi connectivity index (χ0n) is 36.6. The molecule has 2 atom stereocenters. The summed E-state index contributed by atoms with van der Waals surface area (Å²) in [5.74, 6) is 0. The van der Waals surface area contributed by atoms with Crippen LogP contribution >= 0.6 is 15.1 Å². The molecule has 1 spiro atoms. The highest BCUT2D eigenvalue weighted by molar-refractivity contribution is 7.68. The van der Waals surface area contributed by atoms with Gasteiger partial charge in [-0.1, -0.05) is 233 Å². The lowest BCUT2D eigenvalue weighted by atomic mass is 9.70. The Morgan fingerprint density at radius 3 is 1.06 bits per heavy atom. The summed E-state index contributed by atoms with van der Waals surface area (Å²) in [4.78, 5) is 0. The van der Waals surface area contributed by atoms with Crippen LogP contribution < -0.4 is 0 Å². The highest BCUT2D eigenvalue weighted by atomic mass is 31.1. The highest BCUT2D eigenvalue weighted by Gasteiger charge is 2.51. The topological polar surface area (TPSA) is 0 Å². The molecular formula is C65H42P2. The fourth-order valence-corrected chi connectivity index (χ4v) is 16.9. The molecule has 2 unspecified atom stereocenters. The van der Waals surface area contributed by atoms with E-state index in [-0.39, 0.29) is 0 Å². The number of hydrogen-bond donors (Lipinski definition) is 0. The Bertz CT molecular complexity index is 3760. The van der Waals surface area contributed by atoms with Crippen molar-refractivity contribution in [2.75, 3.05) is 0 Å². The maximum absolute atomic E-state index is 2.48. The van der Waals surface area contributed by atoms with E-state index in [1.165, 1.54) is 119 Å². The van der Waals surface area contributed by atoms with Crippen molar-refractivity contribution in [3.63, 3.8) is 0 Å². The second-order valence-electron chi connectivity index (χ2n) is 18.0. The summed E-state index contributed by atoms with van der Waals surface area (Å²) in [6.45, 7) is 0. The van der Waals surface area contributed by atoms with Gasteiger partial charge in [-0.25, -0.2) is 0 Å². The lowest BCUT2D eigenvalue weighted by Crippen LogP contribution is -2.26. The number of benzene rings is 10. The van der Waals surface area contributed by atoms with Crippen LogP contribution in [0.1, 0.15) is 44.5 Å². The second-order valence-corrected chi connectivity index (χ2v) is 22.3. The standard InChI is InChI=1S/C65H42P2/c1-3-15-47(16-4-1)66-61-25-13-9-21-53(61)55-39-43(33-37-63(55)66)27-29-45-31-35-51-52-36-32-46(42-60(52)65(59(51)41-45)57-23-11-7-19-49(57)50-20-8-12-24-58(50)65)30-28-44-34-38-64-56(40-44)54-22-10-14-26-62(54)67(64)48-17-5-2-6-18-48/h1-42H. The first-order valence-electron chi connectivity index (χ1n) is 23.2. The molecule has 14 rings (SSSR count). The molecule has 2 heteroatoms. The van der Waals surface area contributed by atoms with Crippen molar-refractivity contribution in [2.45, 2.75) is 5.41 Å². The first-order chi connectivity index (χ1) is 33.2. The Hall–Kier alpha value is -7.72. The Morgan fingerprint density at radius 1 is 0.254 bits per heavy atom. The van der Waals surface area contributed by atoms with Gasteiger partial charge in [0.15, 0.2) is 0 Å². The Balaban J connectivity index is 0.874. The van der Waals surface area contributed by atoms with E-state index < -0.39 is 20.5 Å². The van der Waals surface area contributed by atoms with E-state index in [4.69, 9.17) is 0 Å². The van der Waals surface area contributed by atoms with Gasteiger partial charge in [-0.2, -0.15) is 0 Å². The average molecular weight is 885 g/mol. The summed E-state index contributed by atoms with van der Waals surface area (Å²) in [5, 5.41) is 14.0. The molecule has 0 radical (unpaired) electrons. The van der Waals surface area contributed by atoms with Crippen LogP contribution in [0.5, 0.6) is 0 Å². The molecular weight excluding hydrogens is 843 g/mol. The van der Waals surface area contributed by atoms with Crippen molar-refractivity contribution in [1.29, 1.82) is 0 Å². The fraction of sp³-hybridized carbons (Fsp3) is 0.0154. The molecule has 10 aromatic carbocycles. The van der Waals surface area contributed by atoms with Gasteiger partial charge in [-0.05, 0) is 135 Å². The highest BCUT2D eigenvalue weighted by Crippen LogP contribution is 2.63. The van der Waals surface area contributed by atoms with Crippen molar-refractivity contribution < 1.29 is 0 Å². The molecule has 0 fully saturated rings. The first-order valence-corrected chi connectivity index (χ1v) is 25.9. The van der Waals surface area contributed by atoms with Crippen molar-refractivity contribution >= 4 is 81.4 Å². The van der Waals surface area contributed by atoms with Crippen molar-refractivity contribution in [3.8, 4) is 32.9 Å². The minimum atomic E-state index is -0.578. The molecule has 0 N–H and O–H groups in total. The van der Waals surface area contributed by atoms with E-state index in [9.17, 15) is 0 Å². The monoisotopic (exact) mass is 884 g/mol. The minimum Gasteiger partial charge on any atom is -0.0772 e. The molecule has 12 aromatic rings. The van der Waals surface area contributed by atoms with Crippen LogP contribution in [0, 0.1) is 0 Å². The SMILES string of the molecule is C(=Cc1ccc2c(c1)c1ccccc1p2-c1ccccc1)c1ccc2c(c1)C1(c3ccccc3-c3ccccc31)c1cc(C=Cc3ccc4c(c3)c3ccccc3p4-c3ccccc3)ccc1-2. The third kappa shape index (κ3) is 5.81. The third-order valence-corrected chi connectivity index (χ3v) is 19.6. The van der Waals surface area contributed by atoms with E-state index in [0.29, 0.717) is 0 Å². The van der Waals surface area contributed by atoms with Crippen LogP contribution in [0.2, 0.25) is 0 Å². The fourth-order valence-electron chi connectivity index (χ4n) is 11.7. The van der Waals surface area contributed by atoms with E-state index in [1.54, 1.807) is 0 Å². The molecule has 0 saturated carbocycles. The molecule has 312 valence electrons. The second kappa shape index (κ2) is 15.2. The largest absolute Gasteiger partial charge is 0.0772 e. The van der Waals surface area contributed by atoms with Crippen molar-refractivity contribution in [1.82, 2.24) is 0 Å². The van der Waals surface area contributed by atoms with Crippen LogP contribution in [0.4, 0.5) is 0 Å². The third-order valence-electron chi connectivity index (χ3n) is 14.5. The van der Waals surface area contributed by atoms with Gasteiger partial charge in [0.1, 0.15) is 0 Å². The average Bonchev–Trinajstić information content (AvgIpc) is 4.09. The van der Waals surface area contributed by atoms with Crippen LogP contribution in [0.25, 0.3) is 99.2 Å². The van der Waals surface area contributed by atoms with Gasteiger partial charge in [-0.15, -0.1) is 0 Å². The molecule has 0 nitrogen and oxygen atoms in total. The van der Waals surface area contributed by atoms with Gasteiger partial charge >= 0.3 is 0 Å². The maximum atomic E-state index is 2.48. The van der Waals surface area contributed by atoms with Crippen molar-refractivity contribution in [3.05, 3.63) is 275 Å². The van der Waals surface area contributed by atoms with Gasteiger partial charge in [-0.3, -0.25) is 0 Å². The zero-order chi connectivity index (χ0) is 44.1. The van der Waals surface area contributed by atoms with Crippen LogP contribution in [-0.2, 0) is 5.41 Å². The molecule has 0 bridgehead atoms. The molecule has 2 heterocycles. The Kier molecular flexibility index (Phi) is 8.72. The molecule has 2 aromatic heterocycles. The van der Waals surface area contributed by atoms with Gasteiger partial charge in [0.2, 0.25) is 0 Å². The predicted molar refractivity (Wildman–Crippen MR) is 292 cm³/mol. The van der Waals surface area contributed by atoms with E-state index >= 15 is 0 Å². The Morgan fingerprint density at radius 2 is 0.597 bits per heavy atom. The van der Waals surface area contributed by atoms with Crippen LogP contribution in [0.3, 0.4) is 0 Å². The van der Waals surface area contributed by atoms with Gasteiger partial charge in [0.25, 0.3) is 0 Å². The predicted octanol–water partition coefficient (Wildman–Crippen LogP) is 18.9. The molecule has 2 aliphatic carbocycles. The molecule has 67 heavy (non-hydrogen) atoms. The first kappa shape index (κ1) is 38.5. The zero-order valence-corrected chi connectivity index (χ0v) is 38.4. The lowest BCUT2D eigenvalue weighted by molar-refractivity contribution is 0.793.